The maximum absolute atomic E-state index is 13.9. The van der Waals surface area contributed by atoms with Gasteiger partial charge in [0, 0.05) is 28.1 Å². The lowest BCUT2D eigenvalue weighted by Gasteiger charge is -2.27. The van der Waals surface area contributed by atoms with Crippen LogP contribution >= 0.6 is 27.5 Å². The lowest BCUT2D eigenvalue weighted by atomic mass is 10.0. The van der Waals surface area contributed by atoms with Gasteiger partial charge in [-0.25, -0.2) is 4.39 Å². The fourth-order valence-corrected chi connectivity index (χ4v) is 2.96. The molecule has 0 saturated heterocycles. The summed E-state index contributed by atoms with van der Waals surface area (Å²) in [6.45, 7) is -1.23. The molecule has 0 amide bonds. The maximum atomic E-state index is 13.9. The molecule has 0 aliphatic heterocycles. The van der Waals surface area contributed by atoms with Crippen molar-refractivity contribution < 1.29 is 22.4 Å². The Kier molecular flexibility index (Phi) is 6.46. The summed E-state index contributed by atoms with van der Waals surface area (Å²) in [5.41, 5.74) is -0.256. The van der Waals surface area contributed by atoms with E-state index in [9.17, 15) is 22.4 Å². The van der Waals surface area contributed by atoms with Gasteiger partial charge in [0.25, 0.3) is 0 Å². The zero-order chi connectivity index (χ0) is 18.6. The Morgan fingerprint density at radius 3 is 2.40 bits per heavy atom. The lowest BCUT2D eigenvalue weighted by molar-refractivity contribution is -0.119. The minimum absolute atomic E-state index is 0.0126. The van der Waals surface area contributed by atoms with Crippen molar-refractivity contribution in [2.45, 2.75) is 6.18 Å². The van der Waals surface area contributed by atoms with Crippen LogP contribution in [0.1, 0.15) is 15.9 Å². The van der Waals surface area contributed by atoms with Crippen molar-refractivity contribution in [2.24, 2.45) is 0 Å². The molecule has 0 unspecified atom stereocenters. The van der Waals surface area contributed by atoms with Crippen LogP contribution < -0.4 is 4.90 Å². The molecule has 0 spiro atoms. The first kappa shape index (κ1) is 19.7. The SMILES string of the molecule is O=C(c1ccccc1F)c1cc(Cl)ccc1N(CCBr)CC(F)(F)F. The van der Waals surface area contributed by atoms with Gasteiger partial charge in [0.15, 0.2) is 5.78 Å². The van der Waals surface area contributed by atoms with Gasteiger partial charge in [-0.15, -0.1) is 0 Å². The van der Waals surface area contributed by atoms with Crippen LogP contribution in [0.15, 0.2) is 42.5 Å². The number of alkyl halides is 4. The van der Waals surface area contributed by atoms with E-state index in [-0.39, 0.29) is 33.7 Å². The Labute approximate surface area is 155 Å². The van der Waals surface area contributed by atoms with Gasteiger partial charge in [0.05, 0.1) is 5.56 Å². The number of ketones is 1. The van der Waals surface area contributed by atoms with Gasteiger partial charge in [0.1, 0.15) is 12.4 Å². The molecule has 0 aromatic heterocycles. The first-order chi connectivity index (χ1) is 11.7. The molecule has 2 aromatic carbocycles. The summed E-state index contributed by atoms with van der Waals surface area (Å²) < 4.78 is 52.6. The Hall–Kier alpha value is -1.60. The highest BCUT2D eigenvalue weighted by Gasteiger charge is 2.32. The van der Waals surface area contributed by atoms with Gasteiger partial charge in [-0.2, -0.15) is 13.2 Å². The number of carbonyl (C=O) groups is 1. The summed E-state index contributed by atoms with van der Waals surface area (Å²) >= 11 is 9.01. The van der Waals surface area contributed by atoms with Gasteiger partial charge in [-0.3, -0.25) is 4.79 Å². The van der Waals surface area contributed by atoms with Gasteiger partial charge in [0.2, 0.25) is 0 Å². The second kappa shape index (κ2) is 8.19. The van der Waals surface area contributed by atoms with E-state index < -0.39 is 24.3 Å². The molecule has 0 saturated carbocycles. The second-order valence-corrected chi connectivity index (χ2v) is 6.43. The Morgan fingerprint density at radius 2 is 1.80 bits per heavy atom. The van der Waals surface area contributed by atoms with Crippen molar-refractivity contribution in [3.05, 3.63) is 64.4 Å². The highest BCUT2D eigenvalue weighted by atomic mass is 79.9. The molecule has 0 aliphatic carbocycles. The van der Waals surface area contributed by atoms with E-state index in [0.717, 1.165) is 11.0 Å². The van der Waals surface area contributed by atoms with E-state index in [1.165, 1.54) is 36.4 Å². The van der Waals surface area contributed by atoms with Gasteiger partial charge < -0.3 is 4.90 Å². The summed E-state index contributed by atoms with van der Waals surface area (Å²) in [5, 5.41) is 0.438. The van der Waals surface area contributed by atoms with Gasteiger partial charge in [-0.1, -0.05) is 39.7 Å². The number of hydrogen-bond donors (Lipinski definition) is 0. The number of rotatable bonds is 6. The highest BCUT2D eigenvalue weighted by molar-refractivity contribution is 9.09. The molecular formula is C17H13BrClF4NO. The smallest absolute Gasteiger partial charge is 0.361 e. The van der Waals surface area contributed by atoms with Crippen molar-refractivity contribution in [1.29, 1.82) is 0 Å². The maximum Gasteiger partial charge on any atom is 0.405 e. The van der Waals surface area contributed by atoms with Crippen molar-refractivity contribution in [3.63, 3.8) is 0 Å². The quantitative estimate of drug-likeness (QED) is 0.338. The average molecular weight is 439 g/mol. The van der Waals surface area contributed by atoms with Crippen LogP contribution in [0.5, 0.6) is 0 Å². The van der Waals surface area contributed by atoms with Crippen LogP contribution in [0.25, 0.3) is 0 Å². The summed E-state index contributed by atoms with van der Waals surface area (Å²) in [6, 6.07) is 9.28. The van der Waals surface area contributed by atoms with E-state index in [1.807, 2.05) is 0 Å². The average Bonchev–Trinajstić information content (AvgIpc) is 2.53. The molecular weight excluding hydrogens is 426 g/mol. The molecule has 0 aliphatic rings. The monoisotopic (exact) mass is 437 g/mol. The fraction of sp³-hybridized carbons (Fsp3) is 0.235. The third-order valence-corrected chi connectivity index (χ3v) is 3.98. The Morgan fingerprint density at radius 1 is 1.12 bits per heavy atom. The van der Waals surface area contributed by atoms with E-state index in [0.29, 0.717) is 0 Å². The van der Waals surface area contributed by atoms with Crippen molar-refractivity contribution in [3.8, 4) is 0 Å². The third-order valence-electron chi connectivity index (χ3n) is 3.39. The molecule has 2 aromatic rings. The summed E-state index contributed by atoms with van der Waals surface area (Å²) in [5.74, 6) is -1.47. The van der Waals surface area contributed by atoms with Crippen molar-refractivity contribution in [1.82, 2.24) is 0 Å². The number of halogens is 6. The van der Waals surface area contributed by atoms with Crippen molar-refractivity contribution in [2.75, 3.05) is 23.3 Å². The fourth-order valence-electron chi connectivity index (χ4n) is 2.36. The molecule has 2 nitrogen and oxygen atoms in total. The summed E-state index contributed by atoms with van der Waals surface area (Å²) in [7, 11) is 0. The number of nitrogens with zero attached hydrogens (tertiary/aromatic N) is 1. The molecule has 0 bridgehead atoms. The minimum Gasteiger partial charge on any atom is -0.361 e. The van der Waals surface area contributed by atoms with Crippen LogP contribution in [-0.2, 0) is 0 Å². The number of carbonyl (C=O) groups excluding carboxylic acids is 1. The van der Waals surface area contributed by atoms with Crippen LogP contribution in [0.4, 0.5) is 23.2 Å². The number of benzene rings is 2. The van der Waals surface area contributed by atoms with E-state index in [4.69, 9.17) is 11.6 Å². The largest absolute Gasteiger partial charge is 0.405 e. The molecule has 2 rings (SSSR count). The topological polar surface area (TPSA) is 20.3 Å². The van der Waals surface area contributed by atoms with Crippen LogP contribution in [0.3, 0.4) is 0 Å². The first-order valence-electron chi connectivity index (χ1n) is 7.19. The predicted octanol–water partition coefficient (Wildman–Crippen LogP) is 5.47. The summed E-state index contributed by atoms with van der Waals surface area (Å²) in [4.78, 5) is 13.7. The molecule has 25 heavy (non-hydrogen) atoms. The zero-order valence-electron chi connectivity index (χ0n) is 12.8. The molecule has 0 radical (unpaired) electrons. The number of anilines is 1. The molecule has 0 heterocycles. The lowest BCUT2D eigenvalue weighted by Crippen LogP contribution is -2.36. The van der Waals surface area contributed by atoms with E-state index in [1.54, 1.807) is 0 Å². The van der Waals surface area contributed by atoms with Crippen LogP contribution in [0, 0.1) is 5.82 Å². The third kappa shape index (κ3) is 5.19. The Balaban J connectivity index is 2.52. The predicted molar refractivity (Wildman–Crippen MR) is 93.3 cm³/mol. The molecule has 134 valence electrons. The van der Waals surface area contributed by atoms with Gasteiger partial charge >= 0.3 is 6.18 Å². The normalized spacial score (nSPS) is 11.4. The van der Waals surface area contributed by atoms with Crippen LogP contribution in [-0.4, -0.2) is 30.4 Å². The summed E-state index contributed by atoms with van der Waals surface area (Å²) in [6.07, 6.45) is -4.46. The molecule has 8 heteroatoms. The molecule has 0 atom stereocenters. The molecule has 0 N–H and O–H groups in total. The minimum atomic E-state index is -4.46. The zero-order valence-corrected chi connectivity index (χ0v) is 15.1. The second-order valence-electron chi connectivity index (χ2n) is 5.20. The van der Waals surface area contributed by atoms with Gasteiger partial charge in [-0.05, 0) is 30.3 Å². The highest BCUT2D eigenvalue weighted by Crippen LogP contribution is 2.30. The van der Waals surface area contributed by atoms with E-state index in [2.05, 4.69) is 15.9 Å². The first-order valence-corrected chi connectivity index (χ1v) is 8.69. The van der Waals surface area contributed by atoms with Crippen LogP contribution in [0.2, 0.25) is 5.02 Å². The number of hydrogen-bond acceptors (Lipinski definition) is 2. The standard InChI is InChI=1S/C17H13BrClF4NO/c18-7-8-24(10-17(21,22)23)15-6-5-11(19)9-13(15)16(25)12-3-1-2-4-14(12)20/h1-6,9H,7-8,10H2. The van der Waals surface area contributed by atoms with Crippen molar-refractivity contribution >= 4 is 39.0 Å². The Bertz CT molecular complexity index is 767. The van der Waals surface area contributed by atoms with E-state index >= 15 is 0 Å². The molecule has 0 fully saturated rings.